The highest BCUT2D eigenvalue weighted by Gasteiger charge is 2.03. The molecule has 1 N–H and O–H groups in total. The molecule has 0 aromatic heterocycles. The van der Waals surface area contributed by atoms with Crippen LogP contribution in [0.4, 0.5) is 0 Å². The molecule has 2 aromatic rings. The first kappa shape index (κ1) is 13.9. The number of hydrogen-bond donors (Lipinski definition) is 1. The highest BCUT2D eigenvalue weighted by molar-refractivity contribution is 5.88. The van der Waals surface area contributed by atoms with E-state index in [0.29, 0.717) is 6.61 Å². The Balaban J connectivity index is 2.09. The van der Waals surface area contributed by atoms with E-state index < -0.39 is 5.97 Å². The quantitative estimate of drug-likeness (QED) is 0.636. The van der Waals surface area contributed by atoms with E-state index in [1.54, 1.807) is 24.3 Å². The molecule has 102 valence electrons. The lowest BCUT2D eigenvalue weighted by Gasteiger charge is -2.06. The van der Waals surface area contributed by atoms with Crippen LogP contribution in [0.15, 0.2) is 61.2 Å². The standard InChI is InChI=1S/C17H16O3/c1-2-3-12-20-16-10-8-14(9-11-16)13-4-6-15(7-5-13)17(18)19/h2,4-11H,1,3,12H2,(H,18,19). The summed E-state index contributed by atoms with van der Waals surface area (Å²) >= 11 is 0. The number of benzene rings is 2. The fourth-order valence-corrected chi connectivity index (χ4v) is 1.81. The van der Waals surface area contributed by atoms with Gasteiger partial charge in [-0.1, -0.05) is 30.3 Å². The molecular formula is C17H16O3. The van der Waals surface area contributed by atoms with Crippen molar-refractivity contribution in [3.63, 3.8) is 0 Å². The number of carboxylic acids is 1. The van der Waals surface area contributed by atoms with Gasteiger partial charge in [-0.3, -0.25) is 0 Å². The number of rotatable bonds is 6. The average Bonchev–Trinajstić information content (AvgIpc) is 2.48. The lowest BCUT2D eigenvalue weighted by molar-refractivity contribution is 0.0697. The van der Waals surface area contributed by atoms with Crippen molar-refractivity contribution in [2.45, 2.75) is 6.42 Å². The first-order chi connectivity index (χ1) is 9.70. The first-order valence-corrected chi connectivity index (χ1v) is 6.38. The maximum Gasteiger partial charge on any atom is 0.335 e. The molecular weight excluding hydrogens is 252 g/mol. The molecule has 0 aliphatic heterocycles. The zero-order chi connectivity index (χ0) is 14.4. The van der Waals surface area contributed by atoms with Crippen LogP contribution in [0.2, 0.25) is 0 Å². The largest absolute Gasteiger partial charge is 0.493 e. The van der Waals surface area contributed by atoms with Gasteiger partial charge in [0.2, 0.25) is 0 Å². The summed E-state index contributed by atoms with van der Waals surface area (Å²) in [5, 5.41) is 8.86. The third-order valence-electron chi connectivity index (χ3n) is 2.91. The van der Waals surface area contributed by atoms with E-state index in [1.807, 2.05) is 30.3 Å². The minimum atomic E-state index is -0.914. The molecule has 3 nitrogen and oxygen atoms in total. The summed E-state index contributed by atoms with van der Waals surface area (Å²) in [6.07, 6.45) is 2.64. The van der Waals surface area contributed by atoms with Crippen molar-refractivity contribution >= 4 is 5.97 Å². The predicted molar refractivity (Wildman–Crippen MR) is 79.1 cm³/mol. The zero-order valence-electron chi connectivity index (χ0n) is 11.1. The molecule has 0 atom stereocenters. The molecule has 3 heteroatoms. The molecule has 0 heterocycles. The van der Waals surface area contributed by atoms with Gasteiger partial charge in [0.05, 0.1) is 12.2 Å². The number of carboxylic acid groups (broad SMARTS) is 1. The van der Waals surface area contributed by atoms with Crippen LogP contribution in [0.25, 0.3) is 11.1 Å². The molecule has 2 aromatic carbocycles. The molecule has 2 rings (SSSR count). The van der Waals surface area contributed by atoms with Gasteiger partial charge in [0.15, 0.2) is 0 Å². The number of hydrogen-bond acceptors (Lipinski definition) is 2. The Kier molecular flexibility index (Phi) is 4.56. The van der Waals surface area contributed by atoms with Crippen LogP contribution in [0.3, 0.4) is 0 Å². The van der Waals surface area contributed by atoms with Gasteiger partial charge in [-0.05, 0) is 41.8 Å². The molecule has 20 heavy (non-hydrogen) atoms. The van der Waals surface area contributed by atoms with Crippen LogP contribution in [0, 0.1) is 0 Å². The second-order valence-electron chi connectivity index (χ2n) is 4.33. The Morgan fingerprint density at radius 1 is 1.05 bits per heavy atom. The molecule has 0 amide bonds. The molecule has 0 spiro atoms. The molecule has 0 fully saturated rings. The SMILES string of the molecule is C=CCCOc1ccc(-c2ccc(C(=O)O)cc2)cc1. The minimum Gasteiger partial charge on any atom is -0.493 e. The van der Waals surface area contributed by atoms with Crippen molar-refractivity contribution in [1.82, 2.24) is 0 Å². The second kappa shape index (κ2) is 6.57. The van der Waals surface area contributed by atoms with Gasteiger partial charge >= 0.3 is 5.97 Å². The minimum absolute atomic E-state index is 0.290. The maximum atomic E-state index is 10.8. The molecule has 0 radical (unpaired) electrons. The van der Waals surface area contributed by atoms with E-state index in [2.05, 4.69) is 6.58 Å². The summed E-state index contributed by atoms with van der Waals surface area (Å²) in [6.45, 7) is 4.26. The van der Waals surface area contributed by atoms with Gasteiger partial charge in [-0.25, -0.2) is 4.79 Å². The van der Waals surface area contributed by atoms with Crippen LogP contribution in [0.1, 0.15) is 16.8 Å². The highest BCUT2D eigenvalue weighted by atomic mass is 16.5. The Labute approximate surface area is 118 Å². The van der Waals surface area contributed by atoms with Crippen molar-refractivity contribution in [3.8, 4) is 16.9 Å². The van der Waals surface area contributed by atoms with Crippen molar-refractivity contribution < 1.29 is 14.6 Å². The van der Waals surface area contributed by atoms with E-state index in [9.17, 15) is 4.79 Å². The monoisotopic (exact) mass is 268 g/mol. The van der Waals surface area contributed by atoms with Gasteiger partial charge in [0, 0.05) is 0 Å². The van der Waals surface area contributed by atoms with Crippen LogP contribution >= 0.6 is 0 Å². The van der Waals surface area contributed by atoms with Gasteiger partial charge in [0.25, 0.3) is 0 Å². The van der Waals surface area contributed by atoms with Gasteiger partial charge in [-0.15, -0.1) is 6.58 Å². The summed E-state index contributed by atoms with van der Waals surface area (Å²) in [7, 11) is 0. The molecule has 0 unspecified atom stereocenters. The summed E-state index contributed by atoms with van der Waals surface area (Å²) in [5.41, 5.74) is 2.30. The average molecular weight is 268 g/mol. The van der Waals surface area contributed by atoms with Gasteiger partial charge in [0.1, 0.15) is 5.75 Å². The number of carbonyl (C=O) groups is 1. The molecule has 0 bridgehead atoms. The summed E-state index contributed by atoms with van der Waals surface area (Å²) in [6, 6.07) is 14.5. The molecule has 0 aliphatic rings. The van der Waals surface area contributed by atoms with Crippen LogP contribution in [-0.4, -0.2) is 17.7 Å². The predicted octanol–water partition coefficient (Wildman–Crippen LogP) is 4.01. The smallest absolute Gasteiger partial charge is 0.335 e. The molecule has 0 saturated carbocycles. The van der Waals surface area contributed by atoms with Gasteiger partial charge < -0.3 is 9.84 Å². The van der Waals surface area contributed by atoms with E-state index in [4.69, 9.17) is 9.84 Å². The molecule has 0 saturated heterocycles. The van der Waals surface area contributed by atoms with Crippen LogP contribution in [0.5, 0.6) is 5.75 Å². The first-order valence-electron chi connectivity index (χ1n) is 6.38. The summed E-state index contributed by atoms with van der Waals surface area (Å²) < 4.78 is 5.54. The summed E-state index contributed by atoms with van der Waals surface area (Å²) in [5.74, 6) is -0.0970. The Morgan fingerprint density at radius 2 is 1.60 bits per heavy atom. The van der Waals surface area contributed by atoms with Crippen LogP contribution in [-0.2, 0) is 0 Å². The van der Waals surface area contributed by atoms with E-state index in [-0.39, 0.29) is 5.56 Å². The lowest BCUT2D eigenvalue weighted by Crippen LogP contribution is -1.95. The number of ether oxygens (including phenoxy) is 1. The fraction of sp³-hybridized carbons (Fsp3) is 0.118. The second-order valence-corrected chi connectivity index (χ2v) is 4.33. The lowest BCUT2D eigenvalue weighted by atomic mass is 10.0. The van der Waals surface area contributed by atoms with Crippen molar-refractivity contribution in [2.75, 3.05) is 6.61 Å². The van der Waals surface area contributed by atoms with Gasteiger partial charge in [-0.2, -0.15) is 0 Å². The Hall–Kier alpha value is -2.55. The summed E-state index contributed by atoms with van der Waals surface area (Å²) in [4.78, 5) is 10.8. The zero-order valence-corrected chi connectivity index (χ0v) is 11.1. The van der Waals surface area contributed by atoms with E-state index in [0.717, 1.165) is 23.3 Å². The normalized spacial score (nSPS) is 10.0. The van der Waals surface area contributed by atoms with Crippen molar-refractivity contribution in [1.29, 1.82) is 0 Å². The van der Waals surface area contributed by atoms with E-state index >= 15 is 0 Å². The fourth-order valence-electron chi connectivity index (χ4n) is 1.81. The van der Waals surface area contributed by atoms with Crippen molar-refractivity contribution in [3.05, 3.63) is 66.7 Å². The molecule has 0 aliphatic carbocycles. The van der Waals surface area contributed by atoms with Crippen LogP contribution < -0.4 is 4.74 Å². The highest BCUT2D eigenvalue weighted by Crippen LogP contribution is 2.23. The third-order valence-corrected chi connectivity index (χ3v) is 2.91. The maximum absolute atomic E-state index is 10.8. The Morgan fingerprint density at radius 3 is 2.10 bits per heavy atom. The third kappa shape index (κ3) is 3.48. The number of aromatic carboxylic acids is 1. The van der Waals surface area contributed by atoms with Crippen molar-refractivity contribution in [2.24, 2.45) is 0 Å². The Bertz CT molecular complexity index is 583. The van der Waals surface area contributed by atoms with E-state index in [1.165, 1.54) is 0 Å². The topological polar surface area (TPSA) is 46.5 Å².